The van der Waals surface area contributed by atoms with Crippen molar-refractivity contribution >= 4 is 21.8 Å². The van der Waals surface area contributed by atoms with Crippen LogP contribution < -0.4 is 10.1 Å². The molecule has 1 N–H and O–H groups in total. The zero-order valence-electron chi connectivity index (χ0n) is 10.4. The van der Waals surface area contributed by atoms with Crippen LogP contribution in [0.2, 0.25) is 0 Å². The van der Waals surface area contributed by atoms with Gasteiger partial charge in [-0.3, -0.25) is 4.79 Å². The molecular formula is C13H18BrNO2. The monoisotopic (exact) mass is 299 g/mol. The van der Waals surface area contributed by atoms with E-state index in [0.29, 0.717) is 6.61 Å². The van der Waals surface area contributed by atoms with Crippen LogP contribution in [-0.4, -0.2) is 17.3 Å². The van der Waals surface area contributed by atoms with Gasteiger partial charge in [0.05, 0.1) is 17.5 Å². The first-order chi connectivity index (χ1) is 8.04. The van der Waals surface area contributed by atoms with Crippen LogP contribution >= 0.6 is 15.9 Å². The van der Waals surface area contributed by atoms with Gasteiger partial charge in [-0.1, -0.05) is 28.1 Å². The number of rotatable bonds is 5. The number of carbonyl (C=O) groups is 1. The second-order valence-electron chi connectivity index (χ2n) is 3.85. The highest BCUT2D eigenvalue weighted by Crippen LogP contribution is 2.19. The van der Waals surface area contributed by atoms with E-state index in [4.69, 9.17) is 4.74 Å². The largest absolute Gasteiger partial charge is 0.494 e. The van der Waals surface area contributed by atoms with E-state index in [0.717, 1.165) is 11.3 Å². The SMILES string of the molecule is CCOc1cccc([C@@H](C)NC(=O)[C@@H](C)Br)c1. The Morgan fingerprint density at radius 1 is 1.47 bits per heavy atom. The van der Waals surface area contributed by atoms with E-state index in [2.05, 4.69) is 21.2 Å². The van der Waals surface area contributed by atoms with Crippen LogP contribution in [0.5, 0.6) is 5.75 Å². The molecule has 1 rings (SSSR count). The van der Waals surface area contributed by atoms with Crippen LogP contribution in [0.25, 0.3) is 0 Å². The number of amides is 1. The third-order valence-electron chi connectivity index (χ3n) is 2.39. The summed E-state index contributed by atoms with van der Waals surface area (Å²) in [5.74, 6) is 0.817. The van der Waals surface area contributed by atoms with Crippen LogP contribution in [-0.2, 0) is 4.79 Å². The third kappa shape index (κ3) is 4.38. The van der Waals surface area contributed by atoms with Gasteiger partial charge < -0.3 is 10.1 Å². The molecule has 0 heterocycles. The van der Waals surface area contributed by atoms with Crippen LogP contribution in [0.1, 0.15) is 32.4 Å². The van der Waals surface area contributed by atoms with Crippen LogP contribution in [0, 0.1) is 0 Å². The molecule has 0 saturated carbocycles. The number of nitrogens with one attached hydrogen (secondary N) is 1. The summed E-state index contributed by atoms with van der Waals surface area (Å²) in [4.78, 5) is 11.4. The molecule has 17 heavy (non-hydrogen) atoms. The molecular weight excluding hydrogens is 282 g/mol. The molecule has 0 aliphatic carbocycles. The van der Waals surface area contributed by atoms with Gasteiger partial charge in [-0.15, -0.1) is 0 Å². The van der Waals surface area contributed by atoms with Crippen molar-refractivity contribution in [3.8, 4) is 5.75 Å². The van der Waals surface area contributed by atoms with Gasteiger partial charge in [-0.05, 0) is 38.5 Å². The predicted octanol–water partition coefficient (Wildman–Crippen LogP) is 3.05. The maximum Gasteiger partial charge on any atom is 0.233 e. The molecule has 0 unspecified atom stereocenters. The zero-order chi connectivity index (χ0) is 12.8. The Morgan fingerprint density at radius 2 is 2.18 bits per heavy atom. The second kappa shape index (κ2) is 6.64. The van der Waals surface area contributed by atoms with Gasteiger partial charge in [0.1, 0.15) is 5.75 Å². The summed E-state index contributed by atoms with van der Waals surface area (Å²) < 4.78 is 5.43. The summed E-state index contributed by atoms with van der Waals surface area (Å²) >= 11 is 3.24. The highest BCUT2D eigenvalue weighted by atomic mass is 79.9. The molecule has 1 amide bonds. The highest BCUT2D eigenvalue weighted by Gasteiger charge is 2.13. The summed E-state index contributed by atoms with van der Waals surface area (Å²) in [6.07, 6.45) is 0. The van der Waals surface area contributed by atoms with Gasteiger partial charge in [-0.25, -0.2) is 0 Å². The second-order valence-corrected chi connectivity index (χ2v) is 5.23. The maximum absolute atomic E-state index is 11.5. The lowest BCUT2D eigenvalue weighted by atomic mass is 10.1. The van der Waals surface area contributed by atoms with E-state index in [9.17, 15) is 4.79 Å². The van der Waals surface area contributed by atoms with Crippen molar-refractivity contribution < 1.29 is 9.53 Å². The Hall–Kier alpha value is -1.03. The first-order valence-electron chi connectivity index (χ1n) is 5.71. The maximum atomic E-state index is 11.5. The van der Waals surface area contributed by atoms with Crippen LogP contribution in [0.15, 0.2) is 24.3 Å². The molecule has 0 aliphatic heterocycles. The number of halogens is 1. The molecule has 4 heteroatoms. The lowest BCUT2D eigenvalue weighted by Gasteiger charge is -2.16. The first-order valence-corrected chi connectivity index (χ1v) is 6.63. The van der Waals surface area contributed by atoms with E-state index in [-0.39, 0.29) is 16.8 Å². The normalized spacial score (nSPS) is 13.9. The Labute approximate surface area is 111 Å². The van der Waals surface area contributed by atoms with Gasteiger partial charge in [0.2, 0.25) is 5.91 Å². The van der Waals surface area contributed by atoms with Crippen LogP contribution in [0.3, 0.4) is 0 Å². The molecule has 1 aromatic carbocycles. The summed E-state index contributed by atoms with van der Waals surface area (Å²) in [5.41, 5.74) is 1.04. The minimum absolute atomic E-state index is 0.0145. The predicted molar refractivity (Wildman–Crippen MR) is 72.6 cm³/mol. The van der Waals surface area contributed by atoms with Gasteiger partial charge >= 0.3 is 0 Å². The molecule has 0 aromatic heterocycles. The summed E-state index contributed by atoms with van der Waals surface area (Å²) in [7, 11) is 0. The average molecular weight is 300 g/mol. The summed E-state index contributed by atoms with van der Waals surface area (Å²) in [6, 6.07) is 7.75. The van der Waals surface area contributed by atoms with Crippen molar-refractivity contribution in [3.63, 3.8) is 0 Å². The zero-order valence-corrected chi connectivity index (χ0v) is 12.0. The molecule has 0 aliphatic rings. The lowest BCUT2D eigenvalue weighted by Crippen LogP contribution is -2.31. The Balaban J connectivity index is 2.71. The Kier molecular flexibility index (Phi) is 5.48. The van der Waals surface area contributed by atoms with Crippen molar-refractivity contribution in [2.45, 2.75) is 31.6 Å². The molecule has 0 spiro atoms. The molecule has 1 aromatic rings. The Morgan fingerprint density at radius 3 is 2.76 bits per heavy atom. The van der Waals surface area contributed by atoms with Crippen molar-refractivity contribution in [1.82, 2.24) is 5.32 Å². The van der Waals surface area contributed by atoms with Gasteiger partial charge in [-0.2, -0.15) is 0 Å². The van der Waals surface area contributed by atoms with Crippen LogP contribution in [0.4, 0.5) is 0 Å². The van der Waals surface area contributed by atoms with E-state index in [1.807, 2.05) is 38.1 Å². The highest BCUT2D eigenvalue weighted by molar-refractivity contribution is 9.10. The number of ether oxygens (including phenoxy) is 1. The fourth-order valence-electron chi connectivity index (χ4n) is 1.45. The summed E-state index contributed by atoms with van der Waals surface area (Å²) in [5, 5.41) is 2.92. The number of carbonyl (C=O) groups excluding carboxylic acids is 1. The van der Waals surface area contributed by atoms with E-state index in [1.54, 1.807) is 6.92 Å². The molecule has 0 saturated heterocycles. The number of benzene rings is 1. The standard InChI is InChI=1S/C13H18BrNO2/c1-4-17-12-7-5-6-11(8-12)10(3)15-13(16)9(2)14/h5-10H,4H2,1-3H3,(H,15,16)/t9-,10-/m1/s1. The average Bonchev–Trinajstić information content (AvgIpc) is 2.29. The Bertz CT molecular complexity index is 379. The lowest BCUT2D eigenvalue weighted by molar-refractivity contribution is -0.120. The molecule has 3 nitrogen and oxygen atoms in total. The molecule has 2 atom stereocenters. The quantitative estimate of drug-likeness (QED) is 0.849. The van der Waals surface area contributed by atoms with Crippen molar-refractivity contribution in [3.05, 3.63) is 29.8 Å². The van der Waals surface area contributed by atoms with Crippen molar-refractivity contribution in [1.29, 1.82) is 0 Å². The fraction of sp³-hybridized carbons (Fsp3) is 0.462. The van der Waals surface area contributed by atoms with Crippen molar-refractivity contribution in [2.75, 3.05) is 6.61 Å². The third-order valence-corrected chi connectivity index (χ3v) is 2.80. The van der Waals surface area contributed by atoms with Gasteiger partial charge in [0, 0.05) is 0 Å². The topological polar surface area (TPSA) is 38.3 Å². The fourth-order valence-corrected chi connectivity index (χ4v) is 1.58. The molecule has 0 bridgehead atoms. The molecule has 0 fully saturated rings. The van der Waals surface area contributed by atoms with Crippen molar-refractivity contribution in [2.24, 2.45) is 0 Å². The van der Waals surface area contributed by atoms with E-state index in [1.165, 1.54) is 0 Å². The van der Waals surface area contributed by atoms with Gasteiger partial charge in [0.15, 0.2) is 0 Å². The number of alkyl halides is 1. The molecule has 94 valence electrons. The van der Waals surface area contributed by atoms with Gasteiger partial charge in [0.25, 0.3) is 0 Å². The number of hydrogen-bond acceptors (Lipinski definition) is 2. The smallest absolute Gasteiger partial charge is 0.233 e. The number of hydrogen-bond donors (Lipinski definition) is 1. The minimum Gasteiger partial charge on any atom is -0.494 e. The van der Waals surface area contributed by atoms with E-state index >= 15 is 0 Å². The van der Waals surface area contributed by atoms with E-state index < -0.39 is 0 Å². The molecule has 0 radical (unpaired) electrons. The summed E-state index contributed by atoms with van der Waals surface area (Å²) in [6.45, 7) is 6.35. The minimum atomic E-state index is -0.181. The first kappa shape index (κ1) is 14.0.